The zero-order chi connectivity index (χ0) is 23.3. The average molecular weight is 500 g/mol. The minimum absolute atomic E-state index is 0.0889. The van der Waals surface area contributed by atoms with Crippen LogP contribution in [0.15, 0.2) is 66.7 Å². The summed E-state index contributed by atoms with van der Waals surface area (Å²) in [6.45, 7) is 2.10. The van der Waals surface area contributed by atoms with E-state index in [4.69, 9.17) is 14.2 Å². The number of esters is 2. The second-order valence-corrected chi connectivity index (χ2v) is 7.13. The highest BCUT2D eigenvalue weighted by Gasteiger charge is 2.22. The molecule has 3 aromatic rings. The molecule has 0 saturated heterocycles. The van der Waals surface area contributed by atoms with Gasteiger partial charge in [0.25, 0.3) is 0 Å². The molecule has 0 bridgehead atoms. The molecule has 0 radical (unpaired) electrons. The maximum atomic E-state index is 12.0. The Labute approximate surface area is 196 Å². The largest absolute Gasteiger partial charge is 0.472 e. The van der Waals surface area contributed by atoms with Crippen LogP contribution in [0, 0.1) is 0 Å². The lowest BCUT2D eigenvalue weighted by Crippen LogP contribution is -2.14. The highest BCUT2D eigenvalue weighted by Crippen LogP contribution is 2.23. The Hall–Kier alpha value is -3.19. The molecule has 32 heavy (non-hydrogen) atoms. The lowest BCUT2D eigenvalue weighted by Gasteiger charge is -2.13. The second-order valence-electron chi connectivity index (χ2n) is 6.57. The van der Waals surface area contributed by atoms with Gasteiger partial charge in [-0.05, 0) is 23.6 Å². The minimum atomic E-state index is -0.627. The number of aromatic nitrogens is 1. The molecule has 6 nitrogen and oxygen atoms in total. The molecule has 0 aliphatic rings. The summed E-state index contributed by atoms with van der Waals surface area (Å²) in [5.74, 6) is -1.05. The highest BCUT2D eigenvalue weighted by atomic mass is 79.9. The summed E-state index contributed by atoms with van der Waals surface area (Å²) in [7, 11) is 2.54. The average Bonchev–Trinajstić information content (AvgIpc) is 2.87. The van der Waals surface area contributed by atoms with Crippen molar-refractivity contribution in [2.24, 2.45) is 0 Å². The maximum Gasteiger partial charge on any atom is 0.343 e. The summed E-state index contributed by atoms with van der Waals surface area (Å²) >= 11 is 3.36. The monoisotopic (exact) mass is 499 g/mol. The van der Waals surface area contributed by atoms with Crippen molar-refractivity contribution >= 4 is 27.9 Å². The number of hydrogen-bond acceptors (Lipinski definition) is 6. The highest BCUT2D eigenvalue weighted by molar-refractivity contribution is 9.08. The van der Waals surface area contributed by atoms with Crippen molar-refractivity contribution in [3.05, 3.63) is 94.7 Å². The summed E-state index contributed by atoms with van der Waals surface area (Å²) < 4.78 is 15.2. The number of aryl methyl sites for hydroxylation is 1. The molecule has 2 aromatic carbocycles. The predicted molar refractivity (Wildman–Crippen MR) is 126 cm³/mol. The number of halogens is 1. The maximum absolute atomic E-state index is 12.0. The van der Waals surface area contributed by atoms with Crippen LogP contribution >= 0.6 is 15.9 Å². The molecule has 3 rings (SSSR count). The van der Waals surface area contributed by atoms with Crippen LogP contribution < -0.4 is 4.74 Å². The van der Waals surface area contributed by atoms with E-state index in [2.05, 4.69) is 33.0 Å². The zero-order valence-electron chi connectivity index (χ0n) is 18.3. The fraction of sp³-hybridized carbons (Fsp3) is 0.240. The van der Waals surface area contributed by atoms with Gasteiger partial charge >= 0.3 is 11.9 Å². The van der Waals surface area contributed by atoms with Gasteiger partial charge in [0.1, 0.15) is 12.2 Å². The van der Waals surface area contributed by atoms with Gasteiger partial charge < -0.3 is 14.2 Å². The molecule has 0 N–H and O–H groups in total. The third kappa shape index (κ3) is 7.20. The third-order valence-electron chi connectivity index (χ3n) is 4.43. The van der Waals surface area contributed by atoms with Gasteiger partial charge in [-0.15, -0.1) is 0 Å². The van der Waals surface area contributed by atoms with Crippen molar-refractivity contribution in [2.75, 3.05) is 14.2 Å². The Bertz CT molecular complexity index is 1010. The number of rotatable bonds is 7. The molecule has 0 amide bonds. The Morgan fingerprint density at radius 3 is 1.84 bits per heavy atom. The number of ether oxygens (including phenoxy) is 3. The standard InChI is InChI=1S/C18H19NO5.C7H7Br/c1-4-15-13(17(20)22-2)10-14(18(21)23-3)16(19-15)24-11-12-8-6-5-7-9-12;8-6-7-4-2-1-3-5-7/h5-10H,4,11H2,1-3H3;1-5H,6H2. The SMILES string of the molecule is BrCc1ccccc1.CCc1nc(OCc2ccccc2)c(C(=O)OC)cc1C(=O)OC. The molecule has 1 aromatic heterocycles. The van der Waals surface area contributed by atoms with E-state index in [1.807, 2.05) is 55.5 Å². The molecule has 0 aliphatic heterocycles. The molecule has 7 heteroatoms. The first-order chi connectivity index (χ1) is 15.5. The molecule has 0 fully saturated rings. The molecule has 1 heterocycles. The van der Waals surface area contributed by atoms with Gasteiger partial charge in [-0.25, -0.2) is 14.6 Å². The zero-order valence-corrected chi connectivity index (χ0v) is 19.9. The number of benzene rings is 2. The lowest BCUT2D eigenvalue weighted by molar-refractivity contribution is 0.0592. The number of hydrogen-bond donors (Lipinski definition) is 0. The number of methoxy groups -OCH3 is 2. The van der Waals surface area contributed by atoms with Gasteiger partial charge in [0.05, 0.1) is 25.5 Å². The predicted octanol–water partition coefficient (Wildman–Crippen LogP) is 5.38. The summed E-state index contributed by atoms with van der Waals surface area (Å²) in [6.07, 6.45) is 0.494. The molecule has 0 aliphatic carbocycles. The van der Waals surface area contributed by atoms with Gasteiger partial charge in [0, 0.05) is 5.33 Å². The van der Waals surface area contributed by atoms with Crippen LogP contribution in [0.4, 0.5) is 0 Å². The van der Waals surface area contributed by atoms with E-state index >= 15 is 0 Å². The van der Waals surface area contributed by atoms with Crippen LogP contribution in [0.1, 0.15) is 44.5 Å². The van der Waals surface area contributed by atoms with E-state index in [0.29, 0.717) is 12.1 Å². The Morgan fingerprint density at radius 2 is 1.38 bits per heavy atom. The molecule has 0 unspecified atom stereocenters. The van der Waals surface area contributed by atoms with Crippen LogP contribution in [0.3, 0.4) is 0 Å². The fourth-order valence-corrected chi connectivity index (χ4v) is 3.12. The van der Waals surface area contributed by atoms with Crippen LogP contribution in [0.2, 0.25) is 0 Å². The quantitative estimate of drug-likeness (QED) is 0.321. The van der Waals surface area contributed by atoms with Gasteiger partial charge in [-0.3, -0.25) is 0 Å². The number of pyridine rings is 1. The first-order valence-corrected chi connectivity index (χ1v) is 11.1. The van der Waals surface area contributed by atoms with E-state index in [-0.39, 0.29) is 23.6 Å². The molecule has 0 saturated carbocycles. The van der Waals surface area contributed by atoms with Gasteiger partial charge in [-0.2, -0.15) is 0 Å². The molecule has 168 valence electrons. The van der Waals surface area contributed by atoms with Crippen LogP contribution in [-0.2, 0) is 27.8 Å². The molecule has 0 spiro atoms. The topological polar surface area (TPSA) is 74.7 Å². The van der Waals surface area contributed by atoms with Gasteiger partial charge in [-0.1, -0.05) is 83.5 Å². The smallest absolute Gasteiger partial charge is 0.343 e. The van der Waals surface area contributed by atoms with Crippen LogP contribution in [-0.4, -0.2) is 31.1 Å². The number of alkyl halides is 1. The third-order valence-corrected chi connectivity index (χ3v) is 5.07. The summed E-state index contributed by atoms with van der Waals surface area (Å²) in [5, 5.41) is 0.952. The Balaban J connectivity index is 0.000000380. The van der Waals surface area contributed by atoms with Crippen molar-refractivity contribution in [1.82, 2.24) is 4.98 Å². The normalized spacial score (nSPS) is 9.88. The van der Waals surface area contributed by atoms with Crippen molar-refractivity contribution < 1.29 is 23.8 Å². The van der Waals surface area contributed by atoms with Crippen molar-refractivity contribution in [2.45, 2.75) is 25.3 Å². The van der Waals surface area contributed by atoms with E-state index in [9.17, 15) is 9.59 Å². The Morgan fingerprint density at radius 1 is 0.844 bits per heavy atom. The first-order valence-electron chi connectivity index (χ1n) is 10.0. The lowest BCUT2D eigenvalue weighted by atomic mass is 10.1. The van der Waals surface area contributed by atoms with Gasteiger partial charge in [0.15, 0.2) is 0 Å². The number of carbonyl (C=O) groups is 2. The second kappa shape index (κ2) is 13.3. The minimum Gasteiger partial charge on any atom is -0.472 e. The molecule has 0 atom stereocenters. The summed E-state index contributed by atoms with van der Waals surface area (Å²) in [5.41, 5.74) is 3.08. The molecular weight excluding hydrogens is 474 g/mol. The van der Waals surface area contributed by atoms with Crippen LogP contribution in [0.25, 0.3) is 0 Å². The van der Waals surface area contributed by atoms with E-state index in [1.54, 1.807) is 0 Å². The Kier molecular flexibility index (Phi) is 10.4. The van der Waals surface area contributed by atoms with E-state index in [1.165, 1.54) is 25.8 Å². The number of carbonyl (C=O) groups excluding carboxylic acids is 2. The van der Waals surface area contributed by atoms with Gasteiger partial charge in [0.2, 0.25) is 5.88 Å². The first kappa shape index (κ1) is 25.1. The van der Waals surface area contributed by atoms with Crippen molar-refractivity contribution in [1.29, 1.82) is 0 Å². The van der Waals surface area contributed by atoms with Crippen molar-refractivity contribution in [3.63, 3.8) is 0 Å². The van der Waals surface area contributed by atoms with Crippen LogP contribution in [0.5, 0.6) is 5.88 Å². The van der Waals surface area contributed by atoms with Crippen molar-refractivity contribution in [3.8, 4) is 5.88 Å². The van der Waals surface area contributed by atoms with E-state index < -0.39 is 11.9 Å². The number of nitrogens with zero attached hydrogens (tertiary/aromatic N) is 1. The fourth-order valence-electron chi connectivity index (χ4n) is 2.75. The summed E-state index contributed by atoms with van der Waals surface area (Å²) in [4.78, 5) is 28.2. The summed E-state index contributed by atoms with van der Waals surface area (Å²) in [6, 6.07) is 21.2. The molecular formula is C25H26BrNO5. The van der Waals surface area contributed by atoms with E-state index in [0.717, 1.165) is 10.9 Å².